The van der Waals surface area contributed by atoms with E-state index >= 15 is 0 Å². The summed E-state index contributed by atoms with van der Waals surface area (Å²) < 4.78 is 5.83. The van der Waals surface area contributed by atoms with Crippen molar-refractivity contribution < 1.29 is 4.74 Å². The zero-order valence-corrected chi connectivity index (χ0v) is 18.6. The predicted molar refractivity (Wildman–Crippen MR) is 128 cm³/mol. The normalized spacial score (nSPS) is 20.3. The molecule has 2 aliphatic rings. The Hall–Kier alpha value is -2.41. The highest BCUT2D eigenvalue weighted by Crippen LogP contribution is 2.34. The number of fused-ring (bicyclic) bond motifs is 2. The summed E-state index contributed by atoms with van der Waals surface area (Å²) in [6, 6.07) is 15.4. The number of nitrogens with one attached hydrogen (secondary N) is 1. The molecule has 1 unspecified atom stereocenters. The van der Waals surface area contributed by atoms with Crippen LogP contribution in [0.3, 0.4) is 0 Å². The summed E-state index contributed by atoms with van der Waals surface area (Å²) in [6.07, 6.45) is 2.85. The van der Waals surface area contributed by atoms with Crippen molar-refractivity contribution in [2.45, 2.75) is 25.4 Å². The van der Waals surface area contributed by atoms with Gasteiger partial charge in [-0.3, -0.25) is 5.41 Å². The minimum atomic E-state index is -0.276. The Labute approximate surface area is 187 Å². The van der Waals surface area contributed by atoms with Gasteiger partial charge in [-0.05, 0) is 48.7 Å². The Morgan fingerprint density at radius 2 is 1.87 bits per heavy atom. The molecule has 3 N–H and O–H groups in total. The van der Waals surface area contributed by atoms with Gasteiger partial charge < -0.3 is 20.3 Å². The summed E-state index contributed by atoms with van der Waals surface area (Å²) in [6.45, 7) is 4.44. The van der Waals surface area contributed by atoms with Crippen molar-refractivity contribution in [3.63, 3.8) is 0 Å². The van der Waals surface area contributed by atoms with Crippen LogP contribution in [0.1, 0.15) is 30.1 Å². The maximum atomic E-state index is 8.85. The van der Waals surface area contributed by atoms with Crippen LogP contribution >= 0.6 is 11.3 Å². The summed E-state index contributed by atoms with van der Waals surface area (Å²) in [5.41, 5.74) is 8.94. The van der Waals surface area contributed by atoms with E-state index in [2.05, 4.69) is 52.7 Å². The van der Waals surface area contributed by atoms with E-state index in [0.717, 1.165) is 50.2 Å². The molecule has 2 aliphatic heterocycles. The van der Waals surface area contributed by atoms with Crippen molar-refractivity contribution in [2.75, 3.05) is 32.8 Å². The van der Waals surface area contributed by atoms with Gasteiger partial charge >= 0.3 is 0 Å². The van der Waals surface area contributed by atoms with E-state index in [0.29, 0.717) is 19.0 Å². The summed E-state index contributed by atoms with van der Waals surface area (Å²) in [4.78, 5) is 4.59. The number of hydrogen-bond acceptors (Lipinski definition) is 5. The zero-order valence-electron chi connectivity index (χ0n) is 17.8. The van der Waals surface area contributed by atoms with Crippen molar-refractivity contribution >= 4 is 27.9 Å². The van der Waals surface area contributed by atoms with Crippen LogP contribution in [-0.4, -0.2) is 48.4 Å². The quantitative estimate of drug-likeness (QED) is 0.469. The molecular weight excluding hydrogens is 404 g/mol. The maximum Gasteiger partial charge on any atom is 0.136 e. The maximum absolute atomic E-state index is 8.85. The number of nitrogens with two attached hydrogens (primary N) is 1. The molecule has 1 fully saturated rings. The molecule has 0 saturated carbocycles. The summed E-state index contributed by atoms with van der Waals surface area (Å²) in [5, 5.41) is 15.5. The molecule has 5 rings (SSSR count). The average molecular weight is 435 g/mol. The van der Waals surface area contributed by atoms with Crippen LogP contribution in [-0.2, 0) is 6.42 Å². The molecule has 5 nitrogen and oxygen atoms in total. The molecule has 0 radical (unpaired) electrons. The number of ether oxygens (including phenoxy) is 1. The summed E-state index contributed by atoms with van der Waals surface area (Å²) >= 11 is 1.61. The van der Waals surface area contributed by atoms with Gasteiger partial charge in [0.15, 0.2) is 0 Å². The lowest BCUT2D eigenvalue weighted by molar-refractivity contribution is 0.195. The zero-order chi connectivity index (χ0) is 21.2. The molecule has 1 atom stereocenters. The van der Waals surface area contributed by atoms with Crippen LogP contribution in [0.2, 0.25) is 0 Å². The Morgan fingerprint density at radius 1 is 1.06 bits per heavy atom. The molecule has 0 amide bonds. The highest BCUT2D eigenvalue weighted by Gasteiger charge is 2.31. The number of piperidine rings is 1. The summed E-state index contributed by atoms with van der Waals surface area (Å²) in [5.74, 6) is 1.85. The molecule has 3 aromatic rings. The number of benzene rings is 2. The molecular formula is C25H30N4OS. The molecule has 1 aromatic heterocycles. The number of nitrogens with zero attached hydrogens (tertiary/aromatic N) is 2. The van der Waals surface area contributed by atoms with Gasteiger partial charge in [0.25, 0.3) is 0 Å². The minimum absolute atomic E-state index is 0.276. The second kappa shape index (κ2) is 8.99. The third-order valence-electron chi connectivity index (χ3n) is 6.71. The van der Waals surface area contributed by atoms with Crippen molar-refractivity contribution in [3.05, 3.63) is 64.4 Å². The first-order valence-corrected chi connectivity index (χ1v) is 12.1. The van der Waals surface area contributed by atoms with Gasteiger partial charge in [0.1, 0.15) is 24.4 Å². The Balaban J connectivity index is 1.15. The lowest BCUT2D eigenvalue weighted by atomic mass is 9.94. The van der Waals surface area contributed by atoms with Crippen LogP contribution in [0.15, 0.2) is 53.2 Å². The molecule has 1 saturated heterocycles. The van der Waals surface area contributed by atoms with Gasteiger partial charge in [-0.1, -0.05) is 42.5 Å². The van der Waals surface area contributed by atoms with Crippen LogP contribution in [0.5, 0.6) is 5.75 Å². The van der Waals surface area contributed by atoms with E-state index in [1.54, 1.807) is 11.3 Å². The molecule has 0 spiro atoms. The lowest BCUT2D eigenvalue weighted by Gasteiger charge is -2.37. The van der Waals surface area contributed by atoms with Gasteiger partial charge in [-0.25, -0.2) is 0 Å². The molecule has 2 aromatic carbocycles. The Morgan fingerprint density at radius 3 is 2.71 bits per heavy atom. The summed E-state index contributed by atoms with van der Waals surface area (Å²) in [7, 11) is 0. The fourth-order valence-electron chi connectivity index (χ4n) is 4.81. The van der Waals surface area contributed by atoms with Gasteiger partial charge in [-0.2, -0.15) is 0 Å². The predicted octanol–water partition coefficient (Wildman–Crippen LogP) is 4.48. The first-order chi connectivity index (χ1) is 15.2. The Kier molecular flexibility index (Phi) is 5.94. The van der Waals surface area contributed by atoms with E-state index in [9.17, 15) is 0 Å². The van der Waals surface area contributed by atoms with Crippen LogP contribution in [0.25, 0.3) is 10.8 Å². The van der Waals surface area contributed by atoms with E-state index in [1.165, 1.54) is 16.3 Å². The number of hydrogen-bond donors (Lipinski definition) is 2. The van der Waals surface area contributed by atoms with Crippen LogP contribution in [0.4, 0.5) is 0 Å². The van der Waals surface area contributed by atoms with Gasteiger partial charge in [0.2, 0.25) is 0 Å². The third-order valence-corrected chi connectivity index (χ3v) is 7.45. The fourth-order valence-corrected chi connectivity index (χ4v) is 5.60. The van der Waals surface area contributed by atoms with Crippen molar-refractivity contribution in [1.29, 1.82) is 5.41 Å². The van der Waals surface area contributed by atoms with Crippen LogP contribution in [0, 0.1) is 11.3 Å². The lowest BCUT2D eigenvalue weighted by Crippen LogP contribution is -2.46. The second-order valence-corrected chi connectivity index (χ2v) is 9.35. The molecule has 162 valence electrons. The van der Waals surface area contributed by atoms with E-state index in [-0.39, 0.29) is 12.1 Å². The number of thiophene rings is 1. The van der Waals surface area contributed by atoms with Gasteiger partial charge in [0.05, 0.1) is 6.54 Å². The number of likely N-dealkylation sites (tertiary alicyclic amines) is 1. The molecule has 3 heterocycles. The minimum Gasteiger partial charge on any atom is -0.490 e. The van der Waals surface area contributed by atoms with E-state index < -0.39 is 0 Å². The number of rotatable bonds is 4. The molecule has 0 bridgehead atoms. The standard InChI is InChI=1S/C25H30N4OS/c26-24(29-13-14-30-23-17-31-16-22(23)25(29)27)20-8-11-28(12-9-20)10-7-18-5-6-19-3-1-2-4-21(19)15-18/h1-6,15-17,20,25-26H,7-14,27H2. The highest BCUT2D eigenvalue weighted by atomic mass is 32.1. The molecule has 0 aliphatic carbocycles. The Bertz CT molecular complexity index is 1060. The third kappa shape index (κ3) is 4.33. The van der Waals surface area contributed by atoms with Gasteiger partial charge in [-0.15, -0.1) is 11.3 Å². The largest absolute Gasteiger partial charge is 0.490 e. The van der Waals surface area contributed by atoms with E-state index in [1.807, 2.05) is 10.3 Å². The smallest absolute Gasteiger partial charge is 0.136 e. The fraction of sp³-hybridized carbons (Fsp3) is 0.400. The topological polar surface area (TPSA) is 65.6 Å². The van der Waals surface area contributed by atoms with Gasteiger partial charge in [0, 0.05) is 28.8 Å². The monoisotopic (exact) mass is 434 g/mol. The second-order valence-electron chi connectivity index (χ2n) is 8.61. The number of amidine groups is 1. The highest BCUT2D eigenvalue weighted by molar-refractivity contribution is 7.08. The van der Waals surface area contributed by atoms with Crippen molar-refractivity contribution in [3.8, 4) is 5.75 Å². The van der Waals surface area contributed by atoms with Crippen molar-refractivity contribution in [2.24, 2.45) is 11.7 Å². The average Bonchev–Trinajstić information content (AvgIpc) is 3.22. The van der Waals surface area contributed by atoms with Crippen molar-refractivity contribution in [1.82, 2.24) is 9.80 Å². The van der Waals surface area contributed by atoms with E-state index in [4.69, 9.17) is 15.9 Å². The SMILES string of the molecule is N=C(C1CCN(CCc2ccc3ccccc3c2)CC1)N1CCOc2cscc2C1N. The first-order valence-electron chi connectivity index (χ1n) is 11.2. The van der Waals surface area contributed by atoms with Crippen LogP contribution < -0.4 is 10.5 Å². The molecule has 6 heteroatoms. The first kappa shape index (κ1) is 20.5. The molecule has 31 heavy (non-hydrogen) atoms.